The van der Waals surface area contributed by atoms with Crippen LogP contribution in [-0.2, 0) is 14.8 Å². The second-order valence-corrected chi connectivity index (χ2v) is 8.07. The monoisotopic (exact) mass is 377 g/mol. The van der Waals surface area contributed by atoms with Crippen molar-refractivity contribution < 1.29 is 13.2 Å². The molecule has 3 aromatic carbocycles. The molecule has 6 nitrogen and oxygen atoms in total. The SMILES string of the molecule is C[C@@H](C(=O)Nc1cccc(C#N)c1)N1c2cccc3cccc(c23)S1(=O)=O. The molecule has 7 heteroatoms. The van der Waals surface area contributed by atoms with Gasteiger partial charge in [0.15, 0.2) is 0 Å². The summed E-state index contributed by atoms with van der Waals surface area (Å²) in [5.41, 5.74) is 1.35. The number of carbonyl (C=O) groups is 1. The van der Waals surface area contributed by atoms with Crippen molar-refractivity contribution in [1.82, 2.24) is 0 Å². The van der Waals surface area contributed by atoms with E-state index in [2.05, 4.69) is 5.32 Å². The lowest BCUT2D eigenvalue weighted by Crippen LogP contribution is -2.43. The van der Waals surface area contributed by atoms with Crippen LogP contribution in [0.5, 0.6) is 0 Å². The van der Waals surface area contributed by atoms with E-state index < -0.39 is 22.0 Å². The first-order valence-electron chi connectivity index (χ1n) is 8.30. The Balaban J connectivity index is 1.72. The lowest BCUT2D eigenvalue weighted by Gasteiger charge is -2.25. The highest BCUT2D eigenvalue weighted by Gasteiger charge is 2.40. The number of carbonyl (C=O) groups excluding carboxylic acids is 1. The molecule has 1 heterocycles. The van der Waals surface area contributed by atoms with Gasteiger partial charge in [-0.15, -0.1) is 0 Å². The fraction of sp³-hybridized carbons (Fsp3) is 0.100. The van der Waals surface area contributed by atoms with Gasteiger partial charge in [0.2, 0.25) is 5.91 Å². The molecule has 0 bridgehead atoms. The van der Waals surface area contributed by atoms with Gasteiger partial charge in [-0.25, -0.2) is 8.42 Å². The predicted octanol–water partition coefficient (Wildman–Crippen LogP) is 3.25. The fourth-order valence-electron chi connectivity index (χ4n) is 3.36. The summed E-state index contributed by atoms with van der Waals surface area (Å²) in [5.74, 6) is -0.474. The Kier molecular flexibility index (Phi) is 3.86. The zero-order valence-electron chi connectivity index (χ0n) is 14.4. The van der Waals surface area contributed by atoms with E-state index in [-0.39, 0.29) is 4.90 Å². The third-order valence-electron chi connectivity index (χ3n) is 4.61. The van der Waals surface area contributed by atoms with E-state index in [1.807, 2.05) is 18.2 Å². The maximum Gasteiger partial charge on any atom is 0.265 e. The van der Waals surface area contributed by atoms with Crippen LogP contribution in [0.3, 0.4) is 0 Å². The molecule has 0 spiro atoms. The number of rotatable bonds is 3. The molecule has 0 unspecified atom stereocenters. The van der Waals surface area contributed by atoms with Gasteiger partial charge in [0.1, 0.15) is 6.04 Å². The number of hydrogen-bond acceptors (Lipinski definition) is 4. The Morgan fingerprint density at radius 3 is 2.56 bits per heavy atom. The largest absolute Gasteiger partial charge is 0.324 e. The van der Waals surface area contributed by atoms with E-state index in [4.69, 9.17) is 5.26 Å². The quantitative estimate of drug-likeness (QED) is 0.759. The first-order chi connectivity index (χ1) is 12.9. The van der Waals surface area contributed by atoms with Gasteiger partial charge in [-0.05, 0) is 42.6 Å². The molecule has 0 saturated heterocycles. The summed E-state index contributed by atoms with van der Waals surface area (Å²) < 4.78 is 27.3. The lowest BCUT2D eigenvalue weighted by atomic mass is 10.1. The van der Waals surface area contributed by atoms with Crippen LogP contribution in [0.1, 0.15) is 12.5 Å². The number of nitriles is 1. The molecule has 27 heavy (non-hydrogen) atoms. The van der Waals surface area contributed by atoms with Crippen LogP contribution < -0.4 is 9.62 Å². The molecule has 0 fully saturated rings. The van der Waals surface area contributed by atoms with Crippen molar-refractivity contribution in [2.75, 3.05) is 9.62 Å². The second-order valence-electron chi connectivity index (χ2n) is 6.29. The van der Waals surface area contributed by atoms with E-state index in [0.717, 1.165) is 9.69 Å². The zero-order chi connectivity index (χ0) is 19.2. The number of amides is 1. The molecule has 1 aliphatic rings. The molecule has 1 N–H and O–H groups in total. The third kappa shape index (κ3) is 2.62. The number of hydrogen-bond donors (Lipinski definition) is 1. The van der Waals surface area contributed by atoms with Crippen LogP contribution in [0.4, 0.5) is 11.4 Å². The van der Waals surface area contributed by atoms with Gasteiger partial charge >= 0.3 is 0 Å². The van der Waals surface area contributed by atoms with Gasteiger partial charge in [0, 0.05) is 11.1 Å². The molecule has 4 rings (SSSR count). The average molecular weight is 377 g/mol. The highest BCUT2D eigenvalue weighted by Crippen LogP contribution is 2.43. The Morgan fingerprint density at radius 2 is 1.81 bits per heavy atom. The van der Waals surface area contributed by atoms with E-state index in [0.29, 0.717) is 22.3 Å². The van der Waals surface area contributed by atoms with Crippen molar-refractivity contribution in [3.63, 3.8) is 0 Å². The maximum atomic E-state index is 13.1. The van der Waals surface area contributed by atoms with E-state index in [1.54, 1.807) is 55.5 Å². The standard InChI is InChI=1S/C20H15N3O3S/c1-13(20(24)22-16-8-2-5-14(11-16)12-21)23-17-9-3-6-15-7-4-10-18(19(15)17)27(23,25)26/h2-11,13H,1H3,(H,22,24)/t13-/m0/s1. The minimum absolute atomic E-state index is 0.210. The summed E-state index contributed by atoms with van der Waals surface area (Å²) in [6, 6.07) is 17.9. The first-order valence-corrected chi connectivity index (χ1v) is 9.75. The molecule has 0 saturated carbocycles. The van der Waals surface area contributed by atoms with E-state index in [1.165, 1.54) is 0 Å². The smallest absolute Gasteiger partial charge is 0.265 e. The fourth-order valence-corrected chi connectivity index (χ4v) is 5.22. The average Bonchev–Trinajstić information content (AvgIpc) is 2.90. The van der Waals surface area contributed by atoms with E-state index >= 15 is 0 Å². The Morgan fingerprint density at radius 1 is 1.11 bits per heavy atom. The van der Waals surface area contributed by atoms with Gasteiger partial charge in [0.25, 0.3) is 10.0 Å². The van der Waals surface area contributed by atoms with Crippen LogP contribution in [0.2, 0.25) is 0 Å². The molecule has 0 radical (unpaired) electrons. The normalized spacial score (nSPS) is 15.3. The van der Waals surface area contributed by atoms with E-state index in [9.17, 15) is 13.2 Å². The summed E-state index contributed by atoms with van der Waals surface area (Å²) in [6.45, 7) is 1.55. The van der Waals surface area contributed by atoms with Crippen molar-refractivity contribution >= 4 is 38.1 Å². The van der Waals surface area contributed by atoms with Crippen LogP contribution in [0.15, 0.2) is 65.6 Å². The zero-order valence-corrected chi connectivity index (χ0v) is 15.2. The molecule has 3 aromatic rings. The van der Waals surface area contributed by atoms with Gasteiger partial charge in [-0.3, -0.25) is 9.10 Å². The van der Waals surface area contributed by atoms with Crippen LogP contribution >= 0.6 is 0 Å². The van der Waals surface area contributed by atoms with Crippen LogP contribution in [0.25, 0.3) is 10.8 Å². The summed E-state index contributed by atoms with van der Waals surface area (Å²) >= 11 is 0. The summed E-state index contributed by atoms with van der Waals surface area (Å²) in [5, 5.41) is 13.1. The molecule has 1 amide bonds. The van der Waals surface area contributed by atoms with Crippen molar-refractivity contribution in [3.8, 4) is 6.07 Å². The molecule has 0 aliphatic carbocycles. The molecular weight excluding hydrogens is 362 g/mol. The number of nitrogens with one attached hydrogen (secondary N) is 1. The highest BCUT2D eigenvalue weighted by atomic mass is 32.2. The maximum absolute atomic E-state index is 13.1. The summed E-state index contributed by atoms with van der Waals surface area (Å²) in [4.78, 5) is 13.0. The van der Waals surface area contributed by atoms with Crippen molar-refractivity contribution in [2.24, 2.45) is 0 Å². The van der Waals surface area contributed by atoms with Gasteiger partial charge in [-0.2, -0.15) is 5.26 Å². The first kappa shape index (κ1) is 17.1. The molecule has 1 atom stereocenters. The summed E-state index contributed by atoms with van der Waals surface area (Å²) in [6.07, 6.45) is 0. The topological polar surface area (TPSA) is 90.3 Å². The Bertz CT molecular complexity index is 1220. The Labute approximate surface area is 156 Å². The van der Waals surface area contributed by atoms with Crippen molar-refractivity contribution in [3.05, 3.63) is 66.2 Å². The predicted molar refractivity (Wildman–Crippen MR) is 103 cm³/mol. The molecule has 0 aromatic heterocycles. The second kappa shape index (κ2) is 6.11. The van der Waals surface area contributed by atoms with Crippen LogP contribution in [-0.4, -0.2) is 20.4 Å². The van der Waals surface area contributed by atoms with Crippen molar-refractivity contribution in [1.29, 1.82) is 5.26 Å². The minimum atomic E-state index is -3.83. The number of sulfonamides is 1. The number of anilines is 2. The molecular formula is C20H15N3O3S. The number of nitrogens with zero attached hydrogens (tertiary/aromatic N) is 2. The van der Waals surface area contributed by atoms with Crippen LogP contribution in [0, 0.1) is 11.3 Å². The van der Waals surface area contributed by atoms with Gasteiger partial charge in [-0.1, -0.05) is 30.3 Å². The highest BCUT2D eigenvalue weighted by molar-refractivity contribution is 7.93. The Hall–Kier alpha value is -3.37. The third-order valence-corrected chi connectivity index (χ3v) is 6.54. The van der Waals surface area contributed by atoms with Gasteiger partial charge < -0.3 is 5.32 Å². The molecule has 134 valence electrons. The lowest BCUT2D eigenvalue weighted by molar-refractivity contribution is -0.116. The summed E-state index contributed by atoms with van der Waals surface area (Å²) in [7, 11) is -3.83. The van der Waals surface area contributed by atoms with Gasteiger partial charge in [0.05, 0.1) is 22.2 Å². The minimum Gasteiger partial charge on any atom is -0.324 e. The van der Waals surface area contributed by atoms with Crippen molar-refractivity contribution in [2.45, 2.75) is 17.9 Å². The molecule has 1 aliphatic heterocycles. The number of benzene rings is 3.